The van der Waals surface area contributed by atoms with E-state index < -0.39 is 0 Å². The maximum absolute atomic E-state index is 12.7. The van der Waals surface area contributed by atoms with Crippen LogP contribution in [0, 0.1) is 5.92 Å². The molecule has 4 heteroatoms. The van der Waals surface area contributed by atoms with E-state index in [1.54, 1.807) is 0 Å². The number of benzene rings is 1. The van der Waals surface area contributed by atoms with Gasteiger partial charge in [-0.3, -0.25) is 9.69 Å². The van der Waals surface area contributed by atoms with Crippen molar-refractivity contribution in [3.63, 3.8) is 0 Å². The van der Waals surface area contributed by atoms with Crippen LogP contribution in [0.5, 0.6) is 0 Å². The van der Waals surface area contributed by atoms with Crippen LogP contribution < -0.4 is 4.90 Å². The van der Waals surface area contributed by atoms with Crippen LogP contribution in [0.4, 0.5) is 5.69 Å². The number of amides is 1. The molecule has 2 rings (SSSR count). The number of carbonyl (C=O) groups is 1. The van der Waals surface area contributed by atoms with Crippen LogP contribution in [0.15, 0.2) is 24.3 Å². The summed E-state index contributed by atoms with van der Waals surface area (Å²) >= 11 is 0. The molecule has 1 aliphatic heterocycles. The number of unbranched alkanes of at least 4 members (excludes halogenated alkanes) is 1. The zero-order valence-electron chi connectivity index (χ0n) is 15.8. The largest absolute Gasteiger partial charge is 0.375 e. The highest BCUT2D eigenvalue weighted by Gasteiger charge is 2.22. The molecular formula is C20H33N3O. The van der Waals surface area contributed by atoms with E-state index in [9.17, 15) is 4.79 Å². The molecule has 1 amide bonds. The Bertz CT molecular complexity index is 504. The van der Waals surface area contributed by atoms with E-state index >= 15 is 0 Å². The van der Waals surface area contributed by atoms with Gasteiger partial charge in [0.15, 0.2) is 0 Å². The number of rotatable bonds is 7. The van der Waals surface area contributed by atoms with Crippen molar-refractivity contribution in [1.29, 1.82) is 0 Å². The molecule has 24 heavy (non-hydrogen) atoms. The first kappa shape index (κ1) is 18.8. The van der Waals surface area contributed by atoms with Gasteiger partial charge in [-0.15, -0.1) is 0 Å². The number of hydrogen-bond acceptors (Lipinski definition) is 3. The van der Waals surface area contributed by atoms with Crippen molar-refractivity contribution in [2.24, 2.45) is 5.92 Å². The van der Waals surface area contributed by atoms with Gasteiger partial charge in [-0.05, 0) is 36.6 Å². The predicted octanol–water partition coefficient (Wildman–Crippen LogP) is 3.34. The molecule has 0 atom stereocenters. The van der Waals surface area contributed by atoms with E-state index in [1.165, 1.54) is 18.5 Å². The fraction of sp³-hybridized carbons (Fsp3) is 0.650. The third-order valence-electron chi connectivity index (χ3n) is 4.68. The van der Waals surface area contributed by atoms with E-state index in [0.29, 0.717) is 5.92 Å². The lowest BCUT2D eigenvalue weighted by atomic mass is 10.1. The smallest absolute Gasteiger partial charge is 0.253 e. The molecule has 1 aromatic rings. The lowest BCUT2D eigenvalue weighted by Crippen LogP contribution is -2.49. The summed E-state index contributed by atoms with van der Waals surface area (Å²) in [4.78, 5) is 19.4. The number of hydrogen-bond donors (Lipinski definition) is 0. The zero-order chi connectivity index (χ0) is 17.5. The van der Waals surface area contributed by atoms with E-state index in [4.69, 9.17) is 0 Å². The van der Waals surface area contributed by atoms with Gasteiger partial charge in [-0.1, -0.05) is 27.2 Å². The third-order valence-corrected chi connectivity index (χ3v) is 4.68. The van der Waals surface area contributed by atoms with Gasteiger partial charge in [0.05, 0.1) is 0 Å². The quantitative estimate of drug-likeness (QED) is 0.767. The Kier molecular flexibility index (Phi) is 7.10. The maximum atomic E-state index is 12.7. The minimum Gasteiger partial charge on any atom is -0.375 e. The molecule has 134 valence electrons. The highest BCUT2D eigenvalue weighted by atomic mass is 16.2. The van der Waals surface area contributed by atoms with Crippen molar-refractivity contribution in [3.8, 4) is 0 Å². The zero-order valence-corrected chi connectivity index (χ0v) is 15.8. The van der Waals surface area contributed by atoms with Gasteiger partial charge in [-0.25, -0.2) is 0 Å². The van der Waals surface area contributed by atoms with Crippen LogP contribution in [-0.2, 0) is 0 Å². The molecule has 0 unspecified atom stereocenters. The lowest BCUT2D eigenvalue weighted by molar-refractivity contribution is 0.0624. The van der Waals surface area contributed by atoms with Crippen molar-refractivity contribution in [3.05, 3.63) is 29.8 Å². The molecule has 1 aromatic carbocycles. The summed E-state index contributed by atoms with van der Waals surface area (Å²) in [6.45, 7) is 12.5. The maximum Gasteiger partial charge on any atom is 0.253 e. The summed E-state index contributed by atoms with van der Waals surface area (Å²) in [6.07, 6.45) is 2.39. The summed E-state index contributed by atoms with van der Waals surface area (Å²) in [5.41, 5.74) is 1.99. The van der Waals surface area contributed by atoms with E-state index in [0.717, 1.165) is 44.8 Å². The Balaban J connectivity index is 1.89. The predicted molar refractivity (Wildman–Crippen MR) is 102 cm³/mol. The average Bonchev–Trinajstić information content (AvgIpc) is 2.59. The Morgan fingerprint density at radius 3 is 2.29 bits per heavy atom. The molecule has 0 aliphatic carbocycles. The second-order valence-corrected chi connectivity index (χ2v) is 7.31. The van der Waals surface area contributed by atoms with Crippen LogP contribution in [0.25, 0.3) is 0 Å². The van der Waals surface area contributed by atoms with Crippen LogP contribution >= 0.6 is 0 Å². The van der Waals surface area contributed by atoms with Gasteiger partial charge >= 0.3 is 0 Å². The third kappa shape index (κ3) is 5.23. The minimum atomic E-state index is 0.168. The summed E-state index contributed by atoms with van der Waals surface area (Å²) in [6, 6.07) is 8.08. The van der Waals surface area contributed by atoms with Gasteiger partial charge in [0, 0.05) is 57.6 Å². The van der Waals surface area contributed by atoms with Gasteiger partial charge in [0.1, 0.15) is 0 Å². The molecule has 1 heterocycles. The standard InChI is InChI=1S/C20H33N3O/c1-5-6-11-21(4)19-9-7-18(8-10-19)20(24)23-14-12-22(13-15-23)16-17(2)3/h7-10,17H,5-6,11-16H2,1-4H3. The Morgan fingerprint density at radius 2 is 1.75 bits per heavy atom. The summed E-state index contributed by atoms with van der Waals surface area (Å²) < 4.78 is 0. The van der Waals surface area contributed by atoms with Gasteiger partial charge in [0.25, 0.3) is 5.91 Å². The molecule has 1 saturated heterocycles. The fourth-order valence-electron chi connectivity index (χ4n) is 3.22. The van der Waals surface area contributed by atoms with Crippen molar-refractivity contribution >= 4 is 11.6 Å². The second-order valence-electron chi connectivity index (χ2n) is 7.31. The van der Waals surface area contributed by atoms with Crippen LogP contribution in [-0.4, -0.2) is 62.0 Å². The fourth-order valence-corrected chi connectivity index (χ4v) is 3.22. The molecule has 0 saturated carbocycles. The minimum absolute atomic E-state index is 0.168. The van der Waals surface area contributed by atoms with Crippen molar-refractivity contribution in [2.45, 2.75) is 33.6 Å². The summed E-state index contributed by atoms with van der Waals surface area (Å²) in [7, 11) is 2.11. The Hall–Kier alpha value is -1.55. The average molecular weight is 332 g/mol. The molecular weight excluding hydrogens is 298 g/mol. The monoisotopic (exact) mass is 331 g/mol. The molecule has 0 radical (unpaired) electrons. The normalized spacial score (nSPS) is 15.8. The molecule has 0 N–H and O–H groups in total. The Morgan fingerprint density at radius 1 is 1.12 bits per heavy atom. The highest BCUT2D eigenvalue weighted by molar-refractivity contribution is 5.94. The van der Waals surface area contributed by atoms with Crippen molar-refractivity contribution in [1.82, 2.24) is 9.80 Å². The van der Waals surface area contributed by atoms with E-state index in [2.05, 4.69) is 49.8 Å². The molecule has 0 aromatic heterocycles. The summed E-state index contributed by atoms with van der Waals surface area (Å²) in [5.74, 6) is 0.853. The molecule has 0 bridgehead atoms. The number of carbonyl (C=O) groups excluding carboxylic acids is 1. The van der Waals surface area contributed by atoms with E-state index in [-0.39, 0.29) is 5.91 Å². The summed E-state index contributed by atoms with van der Waals surface area (Å²) in [5, 5.41) is 0. The topological polar surface area (TPSA) is 26.8 Å². The first-order chi connectivity index (χ1) is 11.5. The lowest BCUT2D eigenvalue weighted by Gasteiger charge is -2.35. The number of anilines is 1. The van der Waals surface area contributed by atoms with Crippen molar-refractivity contribution in [2.75, 3.05) is 51.2 Å². The molecule has 1 aliphatic rings. The van der Waals surface area contributed by atoms with Crippen LogP contribution in [0.1, 0.15) is 44.0 Å². The molecule has 4 nitrogen and oxygen atoms in total. The van der Waals surface area contributed by atoms with E-state index in [1.807, 2.05) is 17.0 Å². The number of piperazine rings is 1. The second kappa shape index (κ2) is 9.07. The highest BCUT2D eigenvalue weighted by Crippen LogP contribution is 2.16. The molecule has 0 spiro atoms. The van der Waals surface area contributed by atoms with Gasteiger partial charge < -0.3 is 9.80 Å². The first-order valence-electron chi connectivity index (χ1n) is 9.34. The van der Waals surface area contributed by atoms with Crippen LogP contribution in [0.3, 0.4) is 0 Å². The SMILES string of the molecule is CCCCN(C)c1ccc(C(=O)N2CCN(CC(C)C)CC2)cc1. The number of nitrogens with zero attached hydrogens (tertiary/aromatic N) is 3. The Labute approximate surface area is 147 Å². The van der Waals surface area contributed by atoms with Gasteiger partial charge in [0.2, 0.25) is 0 Å². The molecule has 1 fully saturated rings. The first-order valence-corrected chi connectivity index (χ1v) is 9.34. The van der Waals surface area contributed by atoms with Crippen LogP contribution in [0.2, 0.25) is 0 Å². The van der Waals surface area contributed by atoms with Gasteiger partial charge in [-0.2, -0.15) is 0 Å². The van der Waals surface area contributed by atoms with Crippen molar-refractivity contribution < 1.29 is 4.79 Å².